The van der Waals surface area contributed by atoms with Gasteiger partial charge in [0.1, 0.15) is 17.2 Å². The summed E-state index contributed by atoms with van der Waals surface area (Å²) in [5.74, 6) is -0.501. The van der Waals surface area contributed by atoms with E-state index in [0.717, 1.165) is 0 Å². The number of aldehydes is 1. The van der Waals surface area contributed by atoms with Crippen molar-refractivity contribution in [2.75, 3.05) is 13.7 Å². The Bertz CT molecular complexity index is 1170. The normalized spacial score (nSPS) is 11.2. The van der Waals surface area contributed by atoms with Crippen LogP contribution >= 0.6 is 11.6 Å². The first-order valence-corrected chi connectivity index (χ1v) is 8.80. The number of nitrogens with zero attached hydrogens (tertiary/aromatic N) is 5. The van der Waals surface area contributed by atoms with Gasteiger partial charge in [0.2, 0.25) is 0 Å². The topological polar surface area (TPSA) is 74.3 Å². The van der Waals surface area contributed by atoms with Crippen LogP contribution in [-0.2, 0) is 11.3 Å². The molecule has 4 aromatic rings. The summed E-state index contributed by atoms with van der Waals surface area (Å²) in [6.45, 7) is 1.01. The maximum atomic E-state index is 13.6. The highest BCUT2D eigenvalue weighted by Crippen LogP contribution is 2.32. The Morgan fingerprint density at radius 3 is 2.86 bits per heavy atom. The van der Waals surface area contributed by atoms with Gasteiger partial charge < -0.3 is 9.30 Å². The quantitative estimate of drug-likeness (QED) is 0.464. The van der Waals surface area contributed by atoms with Crippen LogP contribution in [0.2, 0.25) is 5.02 Å². The van der Waals surface area contributed by atoms with E-state index in [1.165, 1.54) is 22.8 Å². The number of ether oxygens (including phenoxy) is 1. The molecule has 7 nitrogen and oxygen atoms in total. The van der Waals surface area contributed by atoms with Crippen molar-refractivity contribution >= 4 is 23.5 Å². The fourth-order valence-corrected chi connectivity index (χ4v) is 3.14. The van der Waals surface area contributed by atoms with Gasteiger partial charge >= 0.3 is 0 Å². The van der Waals surface area contributed by atoms with Gasteiger partial charge in [-0.25, -0.2) is 18.9 Å². The van der Waals surface area contributed by atoms with Crippen LogP contribution in [0.5, 0.6) is 0 Å². The molecule has 142 valence electrons. The summed E-state index contributed by atoms with van der Waals surface area (Å²) in [5, 5.41) is 4.57. The van der Waals surface area contributed by atoms with Gasteiger partial charge in [0, 0.05) is 19.2 Å². The van der Waals surface area contributed by atoms with E-state index >= 15 is 0 Å². The number of hydrogen-bond donors (Lipinski definition) is 0. The highest BCUT2D eigenvalue weighted by Gasteiger charge is 2.18. The van der Waals surface area contributed by atoms with Gasteiger partial charge in [-0.1, -0.05) is 11.6 Å². The molecule has 0 spiro atoms. The molecular weight excluding hydrogens is 385 g/mol. The molecule has 0 saturated heterocycles. The number of fused-ring (bicyclic) bond motifs is 1. The third-order valence-corrected chi connectivity index (χ3v) is 4.61. The maximum absolute atomic E-state index is 13.6. The highest BCUT2D eigenvalue weighted by molar-refractivity contribution is 6.31. The molecule has 3 heterocycles. The van der Waals surface area contributed by atoms with Crippen LogP contribution in [0, 0.1) is 5.82 Å². The second-order valence-electron chi connectivity index (χ2n) is 6.05. The van der Waals surface area contributed by atoms with Gasteiger partial charge in [0.25, 0.3) is 0 Å². The molecule has 0 aliphatic carbocycles. The van der Waals surface area contributed by atoms with Crippen LogP contribution in [0.3, 0.4) is 0 Å². The molecule has 0 N–H and O–H groups in total. The number of imidazole rings is 2. The first-order valence-electron chi connectivity index (χ1n) is 8.42. The lowest BCUT2D eigenvalue weighted by Gasteiger charge is -2.10. The second kappa shape index (κ2) is 7.49. The van der Waals surface area contributed by atoms with Crippen molar-refractivity contribution in [1.82, 2.24) is 24.1 Å². The van der Waals surface area contributed by atoms with Crippen molar-refractivity contribution in [2.45, 2.75) is 6.54 Å². The smallest absolute Gasteiger partial charge is 0.170 e. The molecule has 3 aromatic heterocycles. The average Bonchev–Trinajstić information content (AvgIpc) is 3.31. The first-order chi connectivity index (χ1) is 13.6. The molecule has 0 fully saturated rings. The molecule has 4 rings (SSSR count). The van der Waals surface area contributed by atoms with Crippen molar-refractivity contribution in [2.24, 2.45) is 0 Å². The molecule has 0 atom stereocenters. The number of carbonyl (C=O) groups excluding carboxylic acids is 1. The molecular formula is C19H15ClFN5O2. The minimum Gasteiger partial charge on any atom is -0.383 e. The SMILES string of the molecule is COCCn1cnc(-c2ccc(F)c(Cl)c2)c1-c1ccc2ncc(C=O)n2n1. The van der Waals surface area contributed by atoms with E-state index in [1.807, 2.05) is 4.57 Å². The number of hydrogen-bond acceptors (Lipinski definition) is 5. The standard InChI is InChI=1S/C19H15ClFN5O2/c1-28-7-6-25-11-23-18(12-2-3-15(21)14(20)8-12)19(25)16-4-5-17-22-9-13(10-27)26(17)24-16/h2-5,8-11H,6-7H2,1H3. The molecule has 0 aliphatic heterocycles. The Hall–Kier alpha value is -3.10. The van der Waals surface area contributed by atoms with Crippen molar-refractivity contribution in [3.05, 3.63) is 59.4 Å². The fraction of sp³-hybridized carbons (Fsp3) is 0.158. The number of methoxy groups -OCH3 is 1. The predicted molar refractivity (Wildman–Crippen MR) is 102 cm³/mol. The van der Waals surface area contributed by atoms with E-state index in [4.69, 9.17) is 16.3 Å². The van der Waals surface area contributed by atoms with E-state index < -0.39 is 5.82 Å². The van der Waals surface area contributed by atoms with Crippen molar-refractivity contribution in [1.29, 1.82) is 0 Å². The fourth-order valence-electron chi connectivity index (χ4n) is 2.96. The number of benzene rings is 1. The Morgan fingerprint density at radius 2 is 2.11 bits per heavy atom. The summed E-state index contributed by atoms with van der Waals surface area (Å²) in [7, 11) is 1.61. The van der Waals surface area contributed by atoms with Gasteiger partial charge in [-0.2, -0.15) is 5.10 Å². The van der Waals surface area contributed by atoms with E-state index in [9.17, 15) is 9.18 Å². The van der Waals surface area contributed by atoms with Gasteiger partial charge in [-0.3, -0.25) is 4.79 Å². The second-order valence-corrected chi connectivity index (χ2v) is 6.45. The lowest BCUT2D eigenvalue weighted by molar-refractivity contribution is 0.111. The first kappa shape index (κ1) is 18.3. The Morgan fingerprint density at radius 1 is 1.25 bits per heavy atom. The minimum atomic E-state index is -0.501. The summed E-state index contributed by atoms with van der Waals surface area (Å²) in [6, 6.07) is 8.00. The largest absolute Gasteiger partial charge is 0.383 e. The van der Waals surface area contributed by atoms with Gasteiger partial charge in [0.15, 0.2) is 11.9 Å². The molecule has 0 saturated carbocycles. The van der Waals surface area contributed by atoms with Gasteiger partial charge in [-0.15, -0.1) is 0 Å². The summed E-state index contributed by atoms with van der Waals surface area (Å²) < 4.78 is 22.1. The molecule has 0 bridgehead atoms. The van der Waals surface area contributed by atoms with Crippen molar-refractivity contribution < 1.29 is 13.9 Å². The van der Waals surface area contributed by atoms with Crippen LogP contribution < -0.4 is 0 Å². The van der Waals surface area contributed by atoms with Crippen LogP contribution in [0.4, 0.5) is 4.39 Å². The lowest BCUT2D eigenvalue weighted by Crippen LogP contribution is -2.07. The summed E-state index contributed by atoms with van der Waals surface area (Å²) in [4.78, 5) is 19.9. The van der Waals surface area contributed by atoms with Crippen LogP contribution in [-0.4, -0.2) is 44.2 Å². The molecule has 1 aromatic carbocycles. The third-order valence-electron chi connectivity index (χ3n) is 4.32. The van der Waals surface area contributed by atoms with E-state index in [-0.39, 0.29) is 5.02 Å². The van der Waals surface area contributed by atoms with E-state index in [2.05, 4.69) is 15.1 Å². The average molecular weight is 400 g/mol. The zero-order valence-corrected chi connectivity index (χ0v) is 15.6. The van der Waals surface area contributed by atoms with Crippen LogP contribution in [0.25, 0.3) is 28.3 Å². The maximum Gasteiger partial charge on any atom is 0.170 e. The van der Waals surface area contributed by atoms with Crippen molar-refractivity contribution in [3.8, 4) is 22.6 Å². The van der Waals surface area contributed by atoms with Crippen molar-refractivity contribution in [3.63, 3.8) is 0 Å². The van der Waals surface area contributed by atoms with Crippen LogP contribution in [0.15, 0.2) is 42.9 Å². The monoisotopic (exact) mass is 399 g/mol. The predicted octanol–water partition coefficient (Wildman–Crippen LogP) is 3.51. The highest BCUT2D eigenvalue weighted by atomic mass is 35.5. The number of rotatable bonds is 6. The van der Waals surface area contributed by atoms with E-state index in [1.54, 1.807) is 31.6 Å². The molecule has 0 aliphatic rings. The lowest BCUT2D eigenvalue weighted by atomic mass is 10.1. The van der Waals surface area contributed by atoms with E-state index in [0.29, 0.717) is 53.4 Å². The molecule has 0 unspecified atom stereocenters. The summed E-state index contributed by atoms with van der Waals surface area (Å²) in [5.41, 5.74) is 3.43. The van der Waals surface area contributed by atoms with Crippen LogP contribution in [0.1, 0.15) is 10.5 Å². The molecule has 28 heavy (non-hydrogen) atoms. The molecule has 0 radical (unpaired) electrons. The van der Waals surface area contributed by atoms with Gasteiger partial charge in [0.05, 0.1) is 35.5 Å². The Balaban J connectivity index is 1.91. The Kier molecular flexibility index (Phi) is 4.89. The minimum absolute atomic E-state index is 0.0103. The number of carbonyl (C=O) groups is 1. The zero-order valence-electron chi connectivity index (χ0n) is 14.8. The third kappa shape index (κ3) is 3.17. The molecule has 0 amide bonds. The number of halogens is 2. The molecule has 9 heteroatoms. The zero-order chi connectivity index (χ0) is 19.7. The van der Waals surface area contributed by atoms with Gasteiger partial charge in [-0.05, 0) is 30.3 Å². The Labute approximate surface area is 164 Å². The summed E-state index contributed by atoms with van der Waals surface area (Å²) in [6.07, 6.45) is 3.82. The number of aromatic nitrogens is 5. The summed E-state index contributed by atoms with van der Waals surface area (Å²) >= 11 is 5.96.